The van der Waals surface area contributed by atoms with Gasteiger partial charge in [-0.25, -0.2) is 4.79 Å². The Hall–Kier alpha value is -2.35. The molecule has 1 aliphatic carbocycles. The Morgan fingerprint density at radius 3 is 2.75 bits per heavy atom. The SMILES string of the molecule is CC(C)(C)OC(=O)NC1CCCN2C(=O)COc3cnccc3C3CCC(CC3)OCC12. The minimum Gasteiger partial charge on any atom is -0.482 e. The van der Waals surface area contributed by atoms with Crippen molar-refractivity contribution in [3.8, 4) is 5.75 Å². The standard InChI is InChI=1S/C24H35N3O5/c1-24(2,3)32-23(29)26-19-5-4-12-27-20(19)14-30-17-8-6-16(7-9-17)18-10-11-25-13-21(18)31-15-22(27)28/h10-11,13,16-17,19-20H,4-9,12,14-15H2,1-3H3,(H,26,29). The number of aromatic nitrogens is 1. The van der Waals surface area contributed by atoms with E-state index in [2.05, 4.69) is 10.3 Å². The van der Waals surface area contributed by atoms with Crippen LogP contribution in [0.25, 0.3) is 0 Å². The molecule has 1 aromatic rings. The van der Waals surface area contributed by atoms with Crippen LogP contribution in [0.2, 0.25) is 0 Å². The summed E-state index contributed by atoms with van der Waals surface area (Å²) in [5.74, 6) is 0.991. The van der Waals surface area contributed by atoms with Crippen molar-refractivity contribution in [2.75, 3.05) is 19.8 Å². The normalized spacial score (nSPS) is 28.8. The predicted octanol–water partition coefficient (Wildman–Crippen LogP) is 3.40. The van der Waals surface area contributed by atoms with Crippen LogP contribution in [0.4, 0.5) is 4.79 Å². The Labute approximate surface area is 190 Å². The van der Waals surface area contributed by atoms with E-state index in [-0.39, 0.29) is 30.7 Å². The van der Waals surface area contributed by atoms with Gasteiger partial charge in [0.05, 0.1) is 31.0 Å². The lowest BCUT2D eigenvalue weighted by Crippen LogP contribution is -2.60. The Morgan fingerprint density at radius 1 is 1.22 bits per heavy atom. The number of amides is 2. The highest BCUT2D eigenvalue weighted by Crippen LogP contribution is 2.38. The zero-order valence-electron chi connectivity index (χ0n) is 19.3. The van der Waals surface area contributed by atoms with Crippen molar-refractivity contribution in [3.63, 3.8) is 0 Å². The first-order chi connectivity index (χ1) is 15.3. The molecule has 0 aromatic carbocycles. The van der Waals surface area contributed by atoms with Crippen LogP contribution in [-0.4, -0.2) is 65.4 Å². The molecule has 1 saturated heterocycles. The number of hydrogen-bond donors (Lipinski definition) is 1. The first-order valence-corrected chi connectivity index (χ1v) is 11.8. The second kappa shape index (κ2) is 9.65. The molecule has 2 bridgehead atoms. The van der Waals surface area contributed by atoms with Gasteiger partial charge in [-0.3, -0.25) is 9.78 Å². The van der Waals surface area contributed by atoms with Crippen LogP contribution in [0.3, 0.4) is 0 Å². The fourth-order valence-electron chi connectivity index (χ4n) is 5.05. The van der Waals surface area contributed by atoms with Crippen molar-refractivity contribution in [3.05, 3.63) is 24.0 Å². The van der Waals surface area contributed by atoms with Gasteiger partial charge in [0.15, 0.2) is 6.61 Å². The number of fused-ring (bicyclic) bond motifs is 5. The van der Waals surface area contributed by atoms with E-state index < -0.39 is 11.7 Å². The first kappa shape index (κ1) is 22.8. The zero-order valence-corrected chi connectivity index (χ0v) is 19.3. The Kier molecular flexibility index (Phi) is 6.88. The lowest BCUT2D eigenvalue weighted by molar-refractivity contribution is -0.140. The quantitative estimate of drug-likeness (QED) is 0.713. The molecule has 0 radical (unpaired) electrons. The van der Waals surface area contributed by atoms with Gasteiger partial charge in [-0.1, -0.05) is 0 Å². The number of alkyl carbamates (subject to hydrolysis) is 1. The summed E-state index contributed by atoms with van der Waals surface area (Å²) in [5, 5.41) is 2.99. The fourth-order valence-corrected chi connectivity index (χ4v) is 5.05. The fraction of sp³-hybridized carbons (Fsp3) is 0.708. The van der Waals surface area contributed by atoms with Crippen molar-refractivity contribution in [1.82, 2.24) is 15.2 Å². The van der Waals surface area contributed by atoms with Gasteiger partial charge in [-0.15, -0.1) is 0 Å². The van der Waals surface area contributed by atoms with Crippen molar-refractivity contribution >= 4 is 12.0 Å². The van der Waals surface area contributed by atoms with Crippen molar-refractivity contribution < 1.29 is 23.8 Å². The Morgan fingerprint density at radius 2 is 2.00 bits per heavy atom. The minimum absolute atomic E-state index is 0.0511. The molecule has 2 amide bonds. The molecule has 4 heterocycles. The summed E-state index contributed by atoms with van der Waals surface area (Å²) in [6.45, 7) is 6.49. The maximum absolute atomic E-state index is 13.2. The number of ether oxygens (including phenoxy) is 3. The summed E-state index contributed by atoms with van der Waals surface area (Å²) >= 11 is 0. The molecule has 8 heteroatoms. The highest BCUT2D eigenvalue weighted by atomic mass is 16.6. The topological polar surface area (TPSA) is 90.0 Å². The summed E-state index contributed by atoms with van der Waals surface area (Å²) in [6.07, 6.45) is 8.76. The van der Waals surface area contributed by atoms with Crippen LogP contribution >= 0.6 is 0 Å². The first-order valence-electron chi connectivity index (χ1n) is 11.8. The van der Waals surface area contributed by atoms with Gasteiger partial charge in [-0.05, 0) is 71.3 Å². The molecule has 1 N–H and O–H groups in total. The number of piperidine rings is 1. The van der Waals surface area contributed by atoms with Crippen LogP contribution in [0.5, 0.6) is 5.75 Å². The molecule has 8 nitrogen and oxygen atoms in total. The predicted molar refractivity (Wildman–Crippen MR) is 119 cm³/mol. The molecule has 176 valence electrons. The van der Waals surface area contributed by atoms with Gasteiger partial charge < -0.3 is 24.4 Å². The number of pyridine rings is 1. The van der Waals surface area contributed by atoms with Gasteiger partial charge in [0.25, 0.3) is 5.91 Å². The largest absolute Gasteiger partial charge is 0.482 e. The van der Waals surface area contributed by atoms with Gasteiger partial charge in [0.1, 0.15) is 11.4 Å². The average Bonchev–Trinajstić information content (AvgIpc) is 2.76. The summed E-state index contributed by atoms with van der Waals surface area (Å²) < 4.78 is 17.8. The van der Waals surface area contributed by atoms with E-state index in [0.717, 1.165) is 44.1 Å². The molecule has 2 fully saturated rings. The highest BCUT2D eigenvalue weighted by molar-refractivity contribution is 5.78. The smallest absolute Gasteiger partial charge is 0.407 e. The molecule has 1 aromatic heterocycles. The number of carbonyl (C=O) groups is 2. The molecular formula is C24H35N3O5. The summed E-state index contributed by atoms with van der Waals surface area (Å²) in [6, 6.07) is 1.53. The van der Waals surface area contributed by atoms with Crippen molar-refractivity contribution in [2.45, 2.75) is 89.0 Å². The number of nitrogens with one attached hydrogen (secondary N) is 1. The van der Waals surface area contributed by atoms with Crippen LogP contribution in [-0.2, 0) is 14.3 Å². The van der Waals surface area contributed by atoms with Gasteiger partial charge in [0.2, 0.25) is 0 Å². The lowest BCUT2D eigenvalue weighted by atomic mass is 9.82. The van der Waals surface area contributed by atoms with Crippen LogP contribution in [0.1, 0.15) is 70.8 Å². The minimum atomic E-state index is -0.580. The zero-order chi connectivity index (χ0) is 22.7. The number of carbonyl (C=O) groups excluding carboxylic acids is 2. The monoisotopic (exact) mass is 445 g/mol. The van der Waals surface area contributed by atoms with E-state index >= 15 is 0 Å². The number of hydrogen-bond acceptors (Lipinski definition) is 6. The van der Waals surface area contributed by atoms with Crippen molar-refractivity contribution in [2.24, 2.45) is 0 Å². The second-order valence-electron chi connectivity index (χ2n) is 10.1. The van der Waals surface area contributed by atoms with E-state index in [9.17, 15) is 9.59 Å². The van der Waals surface area contributed by atoms with Crippen LogP contribution < -0.4 is 10.1 Å². The molecular weight excluding hydrogens is 410 g/mol. The third-order valence-corrected chi connectivity index (χ3v) is 6.59. The van der Waals surface area contributed by atoms with Gasteiger partial charge in [-0.2, -0.15) is 0 Å². The average molecular weight is 446 g/mol. The van der Waals surface area contributed by atoms with E-state index in [0.29, 0.717) is 24.8 Å². The van der Waals surface area contributed by atoms with E-state index in [1.165, 1.54) is 0 Å². The van der Waals surface area contributed by atoms with E-state index in [1.807, 2.05) is 31.7 Å². The molecule has 2 unspecified atom stereocenters. The number of rotatable bonds is 1. The summed E-state index contributed by atoms with van der Waals surface area (Å²) in [7, 11) is 0. The second-order valence-corrected chi connectivity index (χ2v) is 10.1. The molecule has 0 spiro atoms. The third kappa shape index (κ3) is 5.52. The van der Waals surface area contributed by atoms with Gasteiger partial charge >= 0.3 is 6.09 Å². The summed E-state index contributed by atoms with van der Waals surface area (Å²) in [5.41, 5.74) is 0.550. The Balaban J connectivity index is 1.54. The molecule has 5 rings (SSSR count). The Bertz CT molecular complexity index is 816. The molecule has 2 atom stereocenters. The van der Waals surface area contributed by atoms with Crippen molar-refractivity contribution in [1.29, 1.82) is 0 Å². The summed E-state index contributed by atoms with van der Waals surface area (Å²) in [4.78, 5) is 31.7. The van der Waals surface area contributed by atoms with Crippen LogP contribution in [0.15, 0.2) is 18.5 Å². The number of nitrogens with zero attached hydrogens (tertiary/aromatic N) is 2. The lowest BCUT2D eigenvalue weighted by Gasteiger charge is -2.42. The van der Waals surface area contributed by atoms with Gasteiger partial charge in [0, 0.05) is 18.3 Å². The van der Waals surface area contributed by atoms with E-state index in [1.54, 1.807) is 12.4 Å². The highest BCUT2D eigenvalue weighted by Gasteiger charge is 2.38. The molecule has 3 aliphatic heterocycles. The van der Waals surface area contributed by atoms with Crippen LogP contribution in [0, 0.1) is 0 Å². The maximum Gasteiger partial charge on any atom is 0.407 e. The maximum atomic E-state index is 13.2. The molecule has 1 saturated carbocycles. The molecule has 32 heavy (non-hydrogen) atoms. The molecule has 4 aliphatic rings. The van der Waals surface area contributed by atoms with E-state index in [4.69, 9.17) is 14.2 Å². The third-order valence-electron chi connectivity index (χ3n) is 6.59.